The van der Waals surface area contributed by atoms with Gasteiger partial charge in [0.25, 0.3) is 0 Å². The number of amides is 2. The Morgan fingerprint density at radius 1 is 1.03 bits per heavy atom. The molecule has 0 heterocycles. The normalized spacial score (nSPS) is 14.0. The second kappa shape index (κ2) is 11.5. The van der Waals surface area contributed by atoms with Gasteiger partial charge in [-0.05, 0) is 28.2 Å². The van der Waals surface area contributed by atoms with Gasteiger partial charge in [0, 0.05) is 12.5 Å². The smallest absolute Gasteiger partial charge is 0.407 e. The molecule has 1 aliphatic rings. The third kappa shape index (κ3) is 6.10. The van der Waals surface area contributed by atoms with Crippen LogP contribution in [0.2, 0.25) is 0 Å². The van der Waals surface area contributed by atoms with Crippen LogP contribution in [0.4, 0.5) is 4.79 Å². The van der Waals surface area contributed by atoms with E-state index in [0.29, 0.717) is 6.42 Å². The van der Waals surface area contributed by atoms with Crippen molar-refractivity contribution in [1.82, 2.24) is 10.6 Å². The van der Waals surface area contributed by atoms with E-state index >= 15 is 0 Å². The molecule has 0 saturated carbocycles. The number of carboxylic acids is 1. The summed E-state index contributed by atoms with van der Waals surface area (Å²) < 4.78 is 10.7. The van der Waals surface area contributed by atoms with E-state index in [1.165, 1.54) is 0 Å². The van der Waals surface area contributed by atoms with Crippen LogP contribution in [0, 0.1) is 5.92 Å². The van der Waals surface area contributed by atoms with Gasteiger partial charge >= 0.3 is 12.1 Å². The molecular weight excluding hydrogens is 424 g/mol. The van der Waals surface area contributed by atoms with Crippen LogP contribution in [0.25, 0.3) is 11.1 Å². The lowest BCUT2D eigenvalue weighted by Crippen LogP contribution is -2.46. The summed E-state index contributed by atoms with van der Waals surface area (Å²) in [5, 5.41) is 14.3. The molecule has 0 fully saturated rings. The molecule has 8 nitrogen and oxygen atoms in total. The summed E-state index contributed by atoms with van der Waals surface area (Å²) in [6.07, 6.45) is 0.0648. The van der Waals surface area contributed by atoms with E-state index in [2.05, 4.69) is 34.9 Å². The second-order valence-corrected chi connectivity index (χ2v) is 8.07. The van der Waals surface area contributed by atoms with E-state index in [-0.39, 0.29) is 38.2 Å². The first-order valence-electron chi connectivity index (χ1n) is 11.1. The number of ether oxygens (including phenoxy) is 2. The lowest BCUT2D eigenvalue weighted by atomic mass is 9.98. The van der Waals surface area contributed by atoms with Crippen molar-refractivity contribution in [3.8, 4) is 11.1 Å². The van der Waals surface area contributed by atoms with Crippen molar-refractivity contribution in [2.24, 2.45) is 5.92 Å². The highest BCUT2D eigenvalue weighted by atomic mass is 16.5. The Bertz CT molecular complexity index is 947. The third-order valence-corrected chi connectivity index (χ3v) is 5.89. The van der Waals surface area contributed by atoms with Gasteiger partial charge < -0.3 is 25.2 Å². The number of rotatable bonds is 11. The molecule has 0 saturated heterocycles. The number of hydrogen-bond acceptors (Lipinski definition) is 5. The van der Waals surface area contributed by atoms with Crippen molar-refractivity contribution in [3.05, 3.63) is 59.7 Å². The largest absolute Gasteiger partial charge is 0.480 e. The molecule has 176 valence electrons. The number of nitrogens with one attached hydrogen (secondary N) is 2. The molecule has 8 heteroatoms. The van der Waals surface area contributed by atoms with E-state index in [0.717, 1.165) is 22.3 Å². The summed E-state index contributed by atoms with van der Waals surface area (Å²) in [6.45, 7) is 3.81. The van der Waals surface area contributed by atoms with Gasteiger partial charge in [0.2, 0.25) is 5.91 Å². The lowest BCUT2D eigenvalue weighted by molar-refractivity contribution is -0.144. The highest BCUT2D eigenvalue weighted by Crippen LogP contribution is 2.44. The Morgan fingerprint density at radius 2 is 1.64 bits per heavy atom. The van der Waals surface area contributed by atoms with Gasteiger partial charge in [0.15, 0.2) is 0 Å². The maximum absolute atomic E-state index is 12.1. The molecule has 2 aromatic rings. The summed E-state index contributed by atoms with van der Waals surface area (Å²) in [5.41, 5.74) is 4.59. The summed E-state index contributed by atoms with van der Waals surface area (Å²) in [7, 11) is 0. The molecule has 2 aromatic carbocycles. The Kier molecular flexibility index (Phi) is 8.43. The fourth-order valence-corrected chi connectivity index (χ4v) is 3.94. The molecule has 2 amide bonds. The number of alkyl carbamates (subject to hydrolysis) is 1. The highest BCUT2D eigenvalue weighted by molar-refractivity contribution is 5.84. The number of aliphatic carboxylic acids is 1. The van der Waals surface area contributed by atoms with Crippen LogP contribution in [-0.4, -0.2) is 55.5 Å². The number of carbonyl (C=O) groups is 3. The van der Waals surface area contributed by atoms with Crippen LogP contribution < -0.4 is 10.6 Å². The molecule has 0 spiro atoms. The van der Waals surface area contributed by atoms with Gasteiger partial charge in [0.05, 0.1) is 6.61 Å². The summed E-state index contributed by atoms with van der Waals surface area (Å²) in [5.74, 6) is -1.80. The fourth-order valence-electron chi connectivity index (χ4n) is 3.94. The van der Waals surface area contributed by atoms with Crippen LogP contribution >= 0.6 is 0 Å². The molecule has 0 radical (unpaired) electrons. The minimum Gasteiger partial charge on any atom is -0.480 e. The van der Waals surface area contributed by atoms with Crippen LogP contribution in [0.15, 0.2) is 48.5 Å². The molecule has 0 unspecified atom stereocenters. The SMILES string of the molecule is CC[C@H](C)[C@H](NC(=O)COCCNC(=O)OCC1c2ccccc2-c2ccccc21)C(=O)O. The van der Waals surface area contributed by atoms with Gasteiger partial charge in [-0.1, -0.05) is 68.8 Å². The fraction of sp³-hybridized carbons (Fsp3) is 0.400. The molecule has 3 N–H and O–H groups in total. The van der Waals surface area contributed by atoms with E-state index in [4.69, 9.17) is 9.47 Å². The number of benzene rings is 2. The summed E-state index contributed by atoms with van der Waals surface area (Å²) >= 11 is 0. The van der Waals surface area contributed by atoms with Gasteiger partial charge in [-0.15, -0.1) is 0 Å². The quantitative estimate of drug-likeness (QED) is 0.450. The molecule has 0 bridgehead atoms. The zero-order chi connectivity index (χ0) is 23.8. The Hall–Kier alpha value is -3.39. The number of hydrogen-bond donors (Lipinski definition) is 3. The standard InChI is InChI=1S/C25H30N2O6/c1-3-16(2)23(24(29)30)27-22(28)15-32-13-12-26-25(31)33-14-21-19-10-6-4-8-17(19)18-9-5-7-11-20(18)21/h4-11,16,21,23H,3,12-15H2,1-2H3,(H,26,31)(H,27,28)(H,29,30)/t16-,23-/m0/s1. The Labute approximate surface area is 193 Å². The van der Waals surface area contributed by atoms with Crippen molar-refractivity contribution in [1.29, 1.82) is 0 Å². The number of carbonyl (C=O) groups excluding carboxylic acids is 2. The Morgan fingerprint density at radius 3 is 2.21 bits per heavy atom. The van der Waals surface area contributed by atoms with Crippen molar-refractivity contribution in [2.45, 2.75) is 32.2 Å². The van der Waals surface area contributed by atoms with Gasteiger partial charge in [-0.2, -0.15) is 0 Å². The van der Waals surface area contributed by atoms with Crippen molar-refractivity contribution in [3.63, 3.8) is 0 Å². The van der Waals surface area contributed by atoms with E-state index in [1.54, 1.807) is 6.92 Å². The third-order valence-electron chi connectivity index (χ3n) is 5.89. The summed E-state index contributed by atoms with van der Waals surface area (Å²) in [6, 6.07) is 15.2. The van der Waals surface area contributed by atoms with Crippen molar-refractivity contribution < 1.29 is 29.0 Å². The maximum Gasteiger partial charge on any atom is 0.407 e. The van der Waals surface area contributed by atoms with E-state index in [9.17, 15) is 19.5 Å². The van der Waals surface area contributed by atoms with Gasteiger partial charge in [-0.3, -0.25) is 4.79 Å². The molecule has 0 aromatic heterocycles. The summed E-state index contributed by atoms with van der Waals surface area (Å²) in [4.78, 5) is 35.3. The zero-order valence-electron chi connectivity index (χ0n) is 18.9. The minimum atomic E-state index is -1.07. The highest BCUT2D eigenvalue weighted by Gasteiger charge is 2.29. The van der Waals surface area contributed by atoms with Crippen LogP contribution in [-0.2, 0) is 19.1 Å². The van der Waals surface area contributed by atoms with E-state index < -0.39 is 24.0 Å². The first-order valence-corrected chi connectivity index (χ1v) is 11.1. The first-order chi connectivity index (χ1) is 15.9. The van der Waals surface area contributed by atoms with E-state index in [1.807, 2.05) is 31.2 Å². The average Bonchev–Trinajstić information content (AvgIpc) is 3.14. The van der Waals surface area contributed by atoms with Gasteiger partial charge in [0.1, 0.15) is 19.3 Å². The predicted octanol–water partition coefficient (Wildman–Crippen LogP) is 3.16. The van der Waals surface area contributed by atoms with Crippen molar-refractivity contribution in [2.75, 3.05) is 26.4 Å². The molecule has 1 aliphatic carbocycles. The number of fused-ring (bicyclic) bond motifs is 3. The monoisotopic (exact) mass is 454 g/mol. The van der Waals surface area contributed by atoms with Crippen LogP contribution in [0.3, 0.4) is 0 Å². The molecular formula is C25H30N2O6. The zero-order valence-corrected chi connectivity index (χ0v) is 18.9. The first kappa shape index (κ1) is 24.3. The predicted molar refractivity (Wildman–Crippen MR) is 123 cm³/mol. The van der Waals surface area contributed by atoms with Crippen molar-refractivity contribution >= 4 is 18.0 Å². The topological polar surface area (TPSA) is 114 Å². The number of carboxylic acid groups (broad SMARTS) is 1. The second-order valence-electron chi connectivity index (χ2n) is 8.07. The van der Waals surface area contributed by atoms with Crippen LogP contribution in [0.5, 0.6) is 0 Å². The van der Waals surface area contributed by atoms with Crippen LogP contribution in [0.1, 0.15) is 37.3 Å². The minimum absolute atomic E-state index is 0.0178. The molecule has 3 rings (SSSR count). The molecule has 33 heavy (non-hydrogen) atoms. The maximum atomic E-state index is 12.1. The molecule has 0 aliphatic heterocycles. The van der Waals surface area contributed by atoms with Gasteiger partial charge in [-0.25, -0.2) is 9.59 Å². The molecule has 2 atom stereocenters. The lowest BCUT2D eigenvalue weighted by Gasteiger charge is -2.20. The Balaban J connectivity index is 1.38. The average molecular weight is 455 g/mol.